The van der Waals surface area contributed by atoms with Crippen LogP contribution in [-0.4, -0.2) is 16.3 Å². The molecular weight excluding hydrogens is 340 g/mol. The van der Waals surface area contributed by atoms with E-state index in [0.717, 1.165) is 19.5 Å². The third-order valence-electron chi connectivity index (χ3n) is 4.95. The van der Waals surface area contributed by atoms with Crippen LogP contribution in [0, 0.1) is 0 Å². The summed E-state index contributed by atoms with van der Waals surface area (Å²) in [6.07, 6.45) is 5.65. The van der Waals surface area contributed by atoms with Gasteiger partial charge in [-0.15, -0.1) is 0 Å². The Kier molecular flexibility index (Phi) is 5.58. The summed E-state index contributed by atoms with van der Waals surface area (Å²) in [5.74, 6) is 0. The maximum atomic E-state index is 2.45. The summed E-state index contributed by atoms with van der Waals surface area (Å²) in [5, 5.41) is 0. The predicted octanol–water partition coefficient (Wildman–Crippen LogP) is 6.21. The molecule has 0 N–H and O–H groups in total. The minimum atomic E-state index is 0.855. The van der Waals surface area contributed by atoms with Crippen molar-refractivity contribution in [3.05, 3.63) is 120 Å². The van der Waals surface area contributed by atoms with Crippen molar-refractivity contribution < 1.29 is 0 Å². The fraction of sp³-hybridized carbons (Fsp3) is 0.154. The van der Waals surface area contributed by atoms with Crippen molar-refractivity contribution >= 4 is 11.4 Å². The SMILES string of the molecule is CCCN1C(c2ccccc2)=CN(Cc2ccccc2)C=C1c1ccccc1. The van der Waals surface area contributed by atoms with Crippen LogP contribution in [0.5, 0.6) is 0 Å². The van der Waals surface area contributed by atoms with Gasteiger partial charge in [-0.3, -0.25) is 0 Å². The van der Waals surface area contributed by atoms with Crippen LogP contribution in [0.25, 0.3) is 11.4 Å². The van der Waals surface area contributed by atoms with Gasteiger partial charge in [0, 0.05) is 25.5 Å². The van der Waals surface area contributed by atoms with E-state index in [0.29, 0.717) is 0 Å². The van der Waals surface area contributed by atoms with E-state index in [9.17, 15) is 0 Å². The lowest BCUT2D eigenvalue weighted by atomic mass is 10.0. The molecule has 28 heavy (non-hydrogen) atoms. The molecule has 2 nitrogen and oxygen atoms in total. The number of hydrogen-bond acceptors (Lipinski definition) is 2. The van der Waals surface area contributed by atoms with E-state index in [4.69, 9.17) is 0 Å². The van der Waals surface area contributed by atoms with E-state index < -0.39 is 0 Å². The highest BCUT2D eigenvalue weighted by atomic mass is 15.2. The van der Waals surface area contributed by atoms with Gasteiger partial charge in [0.05, 0.1) is 11.4 Å². The van der Waals surface area contributed by atoms with Crippen molar-refractivity contribution in [2.75, 3.05) is 6.54 Å². The molecule has 1 heterocycles. The molecule has 0 atom stereocenters. The lowest BCUT2D eigenvalue weighted by molar-refractivity contribution is 0.447. The van der Waals surface area contributed by atoms with Gasteiger partial charge in [-0.05, 0) is 23.1 Å². The zero-order chi connectivity index (χ0) is 19.2. The minimum absolute atomic E-state index is 0.855. The Morgan fingerprint density at radius 3 is 1.54 bits per heavy atom. The quantitative estimate of drug-likeness (QED) is 0.511. The molecule has 2 heteroatoms. The van der Waals surface area contributed by atoms with Crippen LogP contribution in [-0.2, 0) is 6.54 Å². The Balaban J connectivity index is 1.78. The average Bonchev–Trinajstić information content (AvgIpc) is 2.76. The van der Waals surface area contributed by atoms with Crippen LogP contribution in [0.2, 0.25) is 0 Å². The summed E-state index contributed by atoms with van der Waals surface area (Å²) in [6.45, 7) is 4.08. The van der Waals surface area contributed by atoms with Gasteiger partial charge in [-0.1, -0.05) is 97.9 Å². The monoisotopic (exact) mass is 366 g/mol. The molecule has 140 valence electrons. The maximum Gasteiger partial charge on any atom is 0.0649 e. The number of nitrogens with zero attached hydrogens (tertiary/aromatic N) is 2. The summed E-state index contributed by atoms with van der Waals surface area (Å²) >= 11 is 0. The summed E-state index contributed by atoms with van der Waals surface area (Å²) in [4.78, 5) is 4.76. The minimum Gasteiger partial charge on any atom is -0.346 e. The van der Waals surface area contributed by atoms with E-state index in [-0.39, 0.29) is 0 Å². The molecule has 0 aliphatic carbocycles. The van der Waals surface area contributed by atoms with Crippen LogP contribution >= 0.6 is 0 Å². The molecule has 0 fully saturated rings. The molecule has 0 spiro atoms. The van der Waals surface area contributed by atoms with Crippen molar-refractivity contribution in [2.45, 2.75) is 19.9 Å². The van der Waals surface area contributed by atoms with Crippen molar-refractivity contribution in [2.24, 2.45) is 0 Å². The molecule has 0 unspecified atom stereocenters. The van der Waals surface area contributed by atoms with Gasteiger partial charge in [0.2, 0.25) is 0 Å². The Morgan fingerprint density at radius 2 is 1.07 bits per heavy atom. The molecule has 0 saturated carbocycles. The highest BCUT2D eigenvalue weighted by Gasteiger charge is 2.22. The second-order valence-electron chi connectivity index (χ2n) is 7.07. The second-order valence-corrected chi connectivity index (χ2v) is 7.07. The van der Waals surface area contributed by atoms with Crippen LogP contribution in [0.15, 0.2) is 103 Å². The Morgan fingerprint density at radius 1 is 0.607 bits per heavy atom. The zero-order valence-corrected chi connectivity index (χ0v) is 16.3. The second kappa shape index (κ2) is 8.62. The summed E-state index contributed by atoms with van der Waals surface area (Å²) < 4.78 is 0. The standard InChI is InChI=1S/C26H26N2/c1-2-18-28-25(23-14-8-4-9-15-23)20-27(19-22-12-6-3-7-13-22)21-26(28)24-16-10-5-11-17-24/h3-17,20-21H,2,18-19H2,1H3. The van der Waals surface area contributed by atoms with Crippen LogP contribution < -0.4 is 0 Å². The molecule has 0 aromatic heterocycles. The predicted molar refractivity (Wildman–Crippen MR) is 118 cm³/mol. The van der Waals surface area contributed by atoms with Crippen LogP contribution in [0.1, 0.15) is 30.0 Å². The number of hydrogen-bond donors (Lipinski definition) is 0. The van der Waals surface area contributed by atoms with Crippen molar-refractivity contribution in [3.8, 4) is 0 Å². The Hall–Kier alpha value is -3.26. The van der Waals surface area contributed by atoms with Gasteiger partial charge in [0.1, 0.15) is 0 Å². The molecule has 3 aromatic rings. The highest BCUT2D eigenvalue weighted by molar-refractivity contribution is 5.79. The molecule has 1 aliphatic rings. The first-order valence-corrected chi connectivity index (χ1v) is 9.97. The summed E-state index contributed by atoms with van der Waals surface area (Å²) in [5.41, 5.74) is 6.30. The van der Waals surface area contributed by atoms with Gasteiger partial charge in [-0.25, -0.2) is 0 Å². The lowest BCUT2D eigenvalue weighted by Gasteiger charge is -2.36. The summed E-state index contributed by atoms with van der Waals surface area (Å²) in [7, 11) is 0. The van der Waals surface area contributed by atoms with E-state index in [1.807, 2.05) is 0 Å². The molecular formula is C26H26N2. The smallest absolute Gasteiger partial charge is 0.0649 e. The van der Waals surface area contributed by atoms with Gasteiger partial charge < -0.3 is 9.80 Å². The van der Waals surface area contributed by atoms with Crippen molar-refractivity contribution in [1.82, 2.24) is 9.80 Å². The van der Waals surface area contributed by atoms with Gasteiger partial charge in [0.15, 0.2) is 0 Å². The first-order valence-electron chi connectivity index (χ1n) is 9.97. The van der Waals surface area contributed by atoms with Crippen molar-refractivity contribution in [3.63, 3.8) is 0 Å². The van der Waals surface area contributed by atoms with Crippen molar-refractivity contribution in [1.29, 1.82) is 0 Å². The Bertz CT molecular complexity index is 886. The van der Waals surface area contributed by atoms with Gasteiger partial charge in [-0.2, -0.15) is 0 Å². The topological polar surface area (TPSA) is 6.48 Å². The first-order chi connectivity index (χ1) is 13.8. The van der Waals surface area contributed by atoms with Crippen LogP contribution in [0.3, 0.4) is 0 Å². The van der Waals surface area contributed by atoms with E-state index in [1.54, 1.807) is 0 Å². The number of benzene rings is 3. The fourth-order valence-corrected chi connectivity index (χ4v) is 3.65. The van der Waals surface area contributed by atoms with E-state index >= 15 is 0 Å². The molecule has 0 radical (unpaired) electrons. The van der Waals surface area contributed by atoms with Gasteiger partial charge >= 0.3 is 0 Å². The molecule has 0 bridgehead atoms. The average molecular weight is 367 g/mol. The highest BCUT2D eigenvalue weighted by Crippen LogP contribution is 2.34. The molecule has 0 saturated heterocycles. The first kappa shape index (κ1) is 18.1. The summed E-state index contributed by atoms with van der Waals surface area (Å²) in [6, 6.07) is 32.0. The lowest BCUT2D eigenvalue weighted by Crippen LogP contribution is -2.29. The molecule has 3 aromatic carbocycles. The third-order valence-corrected chi connectivity index (χ3v) is 4.95. The fourth-order valence-electron chi connectivity index (χ4n) is 3.65. The molecule has 0 amide bonds. The normalized spacial score (nSPS) is 13.9. The third kappa shape index (κ3) is 4.01. The van der Waals surface area contributed by atoms with Gasteiger partial charge in [0.25, 0.3) is 0 Å². The maximum absolute atomic E-state index is 2.45. The Labute approximate surface area is 168 Å². The molecule has 1 aliphatic heterocycles. The van der Waals surface area contributed by atoms with E-state index in [1.165, 1.54) is 28.1 Å². The van der Waals surface area contributed by atoms with E-state index in [2.05, 4.69) is 120 Å². The van der Waals surface area contributed by atoms with Crippen LogP contribution in [0.4, 0.5) is 0 Å². The number of rotatable bonds is 6. The zero-order valence-electron chi connectivity index (χ0n) is 16.3. The molecule has 4 rings (SSSR count). The largest absolute Gasteiger partial charge is 0.346 e.